The number of rotatable bonds is 4. The number of carbonyl (C=O) groups is 2. The smallest absolute Gasteiger partial charge is 0.320 e. The van der Waals surface area contributed by atoms with Gasteiger partial charge in [0.1, 0.15) is 6.04 Å². The summed E-state index contributed by atoms with van der Waals surface area (Å²) in [6.45, 7) is 1.46. The topological polar surface area (TPSA) is 83.6 Å². The largest absolute Gasteiger partial charge is 0.480 e. The van der Waals surface area contributed by atoms with Crippen molar-refractivity contribution < 1.29 is 14.7 Å². The van der Waals surface area contributed by atoms with Crippen LogP contribution >= 0.6 is 0 Å². The molecule has 0 aliphatic rings. The van der Waals surface area contributed by atoms with Gasteiger partial charge in [-0.25, -0.2) is 0 Å². The van der Waals surface area contributed by atoms with Crippen LogP contribution in [0.15, 0.2) is 0 Å². The molecule has 0 aromatic heterocycles. The summed E-state index contributed by atoms with van der Waals surface area (Å²) in [6.07, 6.45) is 0. The molecule has 0 aliphatic heterocycles. The van der Waals surface area contributed by atoms with Crippen LogP contribution in [0.2, 0.25) is 0 Å². The molecule has 0 heterocycles. The van der Waals surface area contributed by atoms with Gasteiger partial charge in [0.25, 0.3) is 0 Å². The van der Waals surface area contributed by atoms with Crippen molar-refractivity contribution in [2.45, 2.75) is 13.0 Å². The van der Waals surface area contributed by atoms with Gasteiger partial charge in [-0.05, 0) is 14.0 Å². The number of carboxylic acids is 1. The number of nitrogens with zero attached hydrogens (tertiary/aromatic N) is 1. The quantitative estimate of drug-likeness (QED) is 0.545. The monoisotopic (exact) mass is 160 g/mol. The first-order valence-corrected chi connectivity index (χ1v) is 3.16. The van der Waals surface area contributed by atoms with Crippen LogP contribution in [-0.2, 0) is 9.59 Å². The molecule has 64 valence electrons. The fourth-order valence-electron chi connectivity index (χ4n) is 0.571. The molecule has 1 atom stereocenters. The minimum atomic E-state index is -0.964. The van der Waals surface area contributed by atoms with Gasteiger partial charge in [0.05, 0.1) is 6.54 Å². The van der Waals surface area contributed by atoms with E-state index >= 15 is 0 Å². The first kappa shape index (κ1) is 9.90. The van der Waals surface area contributed by atoms with Crippen LogP contribution in [-0.4, -0.2) is 41.5 Å². The molecule has 0 fully saturated rings. The summed E-state index contributed by atoms with van der Waals surface area (Å²) in [7, 11) is 1.53. The number of hydrogen-bond donors (Lipinski definition) is 2. The second kappa shape index (κ2) is 3.92. The Morgan fingerprint density at radius 3 is 2.36 bits per heavy atom. The van der Waals surface area contributed by atoms with E-state index in [4.69, 9.17) is 10.8 Å². The Labute approximate surface area is 64.8 Å². The number of amides is 1. The third kappa shape index (κ3) is 3.57. The summed E-state index contributed by atoms with van der Waals surface area (Å²) in [4.78, 5) is 22.0. The summed E-state index contributed by atoms with van der Waals surface area (Å²) < 4.78 is 0. The van der Waals surface area contributed by atoms with Crippen molar-refractivity contribution >= 4 is 11.9 Å². The van der Waals surface area contributed by atoms with Crippen molar-refractivity contribution in [3.05, 3.63) is 0 Å². The average molecular weight is 160 g/mol. The maximum Gasteiger partial charge on any atom is 0.320 e. The maximum atomic E-state index is 10.3. The van der Waals surface area contributed by atoms with Gasteiger partial charge in [0.2, 0.25) is 5.91 Å². The van der Waals surface area contributed by atoms with E-state index in [2.05, 4.69) is 0 Å². The molecule has 5 heteroatoms. The Kier molecular flexibility index (Phi) is 3.53. The number of nitrogens with two attached hydrogens (primary N) is 1. The molecule has 1 unspecified atom stereocenters. The van der Waals surface area contributed by atoms with E-state index in [0.29, 0.717) is 0 Å². The van der Waals surface area contributed by atoms with Gasteiger partial charge in [0.15, 0.2) is 0 Å². The highest BCUT2D eigenvalue weighted by atomic mass is 16.4. The molecule has 0 spiro atoms. The fourth-order valence-corrected chi connectivity index (χ4v) is 0.571. The van der Waals surface area contributed by atoms with E-state index in [1.165, 1.54) is 18.9 Å². The Bertz CT molecular complexity index is 169. The molecule has 0 rings (SSSR count). The first-order chi connectivity index (χ1) is 4.95. The molecule has 3 N–H and O–H groups in total. The minimum Gasteiger partial charge on any atom is -0.480 e. The van der Waals surface area contributed by atoms with Gasteiger partial charge in [-0.3, -0.25) is 14.5 Å². The second-order valence-corrected chi connectivity index (χ2v) is 2.40. The zero-order valence-corrected chi connectivity index (χ0v) is 6.57. The highest BCUT2D eigenvalue weighted by Crippen LogP contribution is 1.93. The van der Waals surface area contributed by atoms with Crippen LogP contribution in [0.1, 0.15) is 6.92 Å². The van der Waals surface area contributed by atoms with Gasteiger partial charge < -0.3 is 10.8 Å². The molecule has 0 bridgehead atoms. The van der Waals surface area contributed by atoms with E-state index in [0.717, 1.165) is 0 Å². The lowest BCUT2D eigenvalue weighted by Gasteiger charge is -2.18. The van der Waals surface area contributed by atoms with E-state index in [1.54, 1.807) is 0 Å². The predicted molar refractivity (Wildman–Crippen MR) is 38.9 cm³/mol. The summed E-state index contributed by atoms with van der Waals surface area (Å²) in [6, 6.07) is -0.678. The lowest BCUT2D eigenvalue weighted by Crippen LogP contribution is -2.41. The number of carboxylic acid groups (broad SMARTS) is 1. The summed E-state index contributed by atoms with van der Waals surface area (Å²) in [5.74, 6) is -1.49. The van der Waals surface area contributed by atoms with E-state index in [9.17, 15) is 9.59 Å². The van der Waals surface area contributed by atoms with E-state index in [1.807, 2.05) is 0 Å². The van der Waals surface area contributed by atoms with Crippen molar-refractivity contribution in [2.24, 2.45) is 5.73 Å². The number of primary amides is 1. The average Bonchev–Trinajstić information content (AvgIpc) is 1.84. The number of aliphatic carboxylic acids is 1. The second-order valence-electron chi connectivity index (χ2n) is 2.40. The summed E-state index contributed by atoms with van der Waals surface area (Å²) >= 11 is 0. The first-order valence-electron chi connectivity index (χ1n) is 3.16. The molecular weight excluding hydrogens is 148 g/mol. The molecule has 0 aromatic rings. The number of carbonyl (C=O) groups excluding carboxylic acids is 1. The molecule has 0 radical (unpaired) electrons. The molecule has 0 aromatic carbocycles. The number of likely N-dealkylation sites (N-methyl/N-ethyl adjacent to an activating group) is 1. The predicted octanol–water partition coefficient (Wildman–Crippen LogP) is -1.12. The van der Waals surface area contributed by atoms with Crippen LogP contribution in [0.5, 0.6) is 0 Å². The Hall–Kier alpha value is -1.10. The van der Waals surface area contributed by atoms with Crippen LogP contribution in [0.4, 0.5) is 0 Å². The molecule has 5 nitrogen and oxygen atoms in total. The molecule has 11 heavy (non-hydrogen) atoms. The highest BCUT2D eigenvalue weighted by molar-refractivity contribution is 5.78. The van der Waals surface area contributed by atoms with Crippen LogP contribution in [0, 0.1) is 0 Å². The summed E-state index contributed by atoms with van der Waals surface area (Å²) in [5.41, 5.74) is 4.86. The minimum absolute atomic E-state index is 0.0343. The zero-order chi connectivity index (χ0) is 9.02. The van der Waals surface area contributed by atoms with Crippen molar-refractivity contribution in [3.63, 3.8) is 0 Å². The van der Waals surface area contributed by atoms with Crippen molar-refractivity contribution in [1.29, 1.82) is 0 Å². The third-order valence-corrected chi connectivity index (χ3v) is 1.42. The third-order valence-electron chi connectivity index (χ3n) is 1.42. The SMILES string of the molecule is CC(C(=O)O)N(C)CC(N)=O. The van der Waals surface area contributed by atoms with Crippen molar-refractivity contribution in [1.82, 2.24) is 4.90 Å². The maximum absolute atomic E-state index is 10.3. The van der Waals surface area contributed by atoms with Gasteiger partial charge in [-0.1, -0.05) is 0 Å². The van der Waals surface area contributed by atoms with Crippen molar-refractivity contribution in [3.8, 4) is 0 Å². The Morgan fingerprint density at radius 1 is 1.64 bits per heavy atom. The zero-order valence-electron chi connectivity index (χ0n) is 6.57. The highest BCUT2D eigenvalue weighted by Gasteiger charge is 2.17. The lowest BCUT2D eigenvalue weighted by molar-refractivity contribution is -0.142. The van der Waals surface area contributed by atoms with E-state index in [-0.39, 0.29) is 6.54 Å². The van der Waals surface area contributed by atoms with Crippen molar-refractivity contribution in [2.75, 3.05) is 13.6 Å². The molecular formula is C6H12N2O3. The van der Waals surface area contributed by atoms with Gasteiger partial charge in [-0.15, -0.1) is 0 Å². The van der Waals surface area contributed by atoms with Gasteiger partial charge in [-0.2, -0.15) is 0 Å². The Morgan fingerprint density at radius 2 is 2.09 bits per heavy atom. The molecule has 0 saturated carbocycles. The van der Waals surface area contributed by atoms with E-state index < -0.39 is 17.9 Å². The number of hydrogen-bond acceptors (Lipinski definition) is 3. The fraction of sp³-hybridized carbons (Fsp3) is 0.667. The molecule has 1 amide bonds. The summed E-state index contributed by atoms with van der Waals surface area (Å²) in [5, 5.41) is 8.47. The van der Waals surface area contributed by atoms with Crippen LogP contribution < -0.4 is 5.73 Å². The van der Waals surface area contributed by atoms with Gasteiger partial charge >= 0.3 is 5.97 Å². The van der Waals surface area contributed by atoms with Gasteiger partial charge in [0, 0.05) is 0 Å². The normalized spacial score (nSPS) is 13.0. The van der Waals surface area contributed by atoms with Crippen LogP contribution in [0.25, 0.3) is 0 Å². The molecule has 0 aliphatic carbocycles. The molecule has 0 saturated heterocycles. The standard InChI is InChI=1S/C6H12N2O3/c1-4(6(10)11)8(2)3-5(7)9/h4H,3H2,1-2H3,(H2,7,9)(H,10,11). The Balaban J connectivity index is 3.92. The van der Waals surface area contributed by atoms with Crippen LogP contribution in [0.3, 0.4) is 0 Å². The lowest BCUT2D eigenvalue weighted by atomic mass is 10.3.